The van der Waals surface area contributed by atoms with Gasteiger partial charge in [-0.2, -0.15) is 0 Å². The van der Waals surface area contributed by atoms with Crippen LogP contribution in [0.15, 0.2) is 6.07 Å². The molecule has 1 aromatic heterocycles. The molecule has 19 heavy (non-hydrogen) atoms. The minimum Gasteiger partial charge on any atom is -0.367 e. The number of hydrogen-bond acceptors (Lipinski definition) is 3. The Kier molecular flexibility index (Phi) is 5.11. The molecule has 3 nitrogen and oxygen atoms in total. The van der Waals surface area contributed by atoms with Gasteiger partial charge in [0.2, 0.25) is 0 Å². The second-order valence-electron chi connectivity index (χ2n) is 5.33. The van der Waals surface area contributed by atoms with E-state index in [2.05, 4.69) is 23.8 Å². The largest absolute Gasteiger partial charge is 0.367 e. The maximum atomic E-state index is 6.10. The van der Waals surface area contributed by atoms with E-state index < -0.39 is 0 Å². The predicted molar refractivity (Wildman–Crippen MR) is 79.8 cm³/mol. The number of rotatable bonds is 5. The van der Waals surface area contributed by atoms with Gasteiger partial charge in [0.25, 0.3) is 0 Å². The van der Waals surface area contributed by atoms with Crippen LogP contribution < -0.4 is 0 Å². The first kappa shape index (κ1) is 14.7. The maximum absolute atomic E-state index is 6.10. The summed E-state index contributed by atoms with van der Waals surface area (Å²) in [5.41, 5.74) is 0.951. The van der Waals surface area contributed by atoms with Gasteiger partial charge in [0.1, 0.15) is 16.1 Å². The summed E-state index contributed by atoms with van der Waals surface area (Å²) < 4.78 is 6.79. The topological polar surface area (TPSA) is 37.9 Å². The standard InChI is InChI=1S/C15H24N2OS/c1-3-8-12-11-13(19)17-14(16-12)15(18-4-2)9-6-5-7-10-15/h11H,3-10H2,1-2H3,(H,16,17,19). The Bertz CT molecular complexity index is 458. The molecule has 1 fully saturated rings. The first-order chi connectivity index (χ1) is 9.20. The Morgan fingerprint density at radius 3 is 2.68 bits per heavy atom. The van der Waals surface area contributed by atoms with Gasteiger partial charge >= 0.3 is 0 Å². The summed E-state index contributed by atoms with van der Waals surface area (Å²) in [6.07, 6.45) is 7.94. The summed E-state index contributed by atoms with van der Waals surface area (Å²) in [5, 5.41) is 0. The van der Waals surface area contributed by atoms with Crippen LogP contribution in [0.4, 0.5) is 0 Å². The zero-order valence-corrected chi connectivity index (χ0v) is 12.8. The summed E-state index contributed by atoms with van der Waals surface area (Å²) in [5.74, 6) is 0.949. The number of H-pyrrole nitrogens is 1. The molecule has 0 atom stereocenters. The van der Waals surface area contributed by atoms with Crippen LogP contribution >= 0.6 is 12.2 Å². The van der Waals surface area contributed by atoms with Crippen molar-refractivity contribution in [2.45, 2.75) is 64.4 Å². The first-order valence-electron chi connectivity index (χ1n) is 7.45. The second kappa shape index (κ2) is 6.62. The molecule has 1 aliphatic carbocycles. The molecule has 0 saturated heterocycles. The molecule has 1 N–H and O–H groups in total. The molecular weight excluding hydrogens is 256 g/mol. The molecule has 0 aliphatic heterocycles. The highest BCUT2D eigenvalue weighted by molar-refractivity contribution is 7.71. The van der Waals surface area contributed by atoms with Gasteiger partial charge in [0, 0.05) is 12.3 Å². The zero-order valence-electron chi connectivity index (χ0n) is 12.0. The van der Waals surface area contributed by atoms with Gasteiger partial charge in [-0.15, -0.1) is 0 Å². The lowest BCUT2D eigenvalue weighted by molar-refractivity contribution is -0.0768. The third kappa shape index (κ3) is 3.42. The van der Waals surface area contributed by atoms with E-state index in [0.29, 0.717) is 4.64 Å². The Morgan fingerprint density at radius 1 is 1.32 bits per heavy atom. The number of aryl methyl sites for hydroxylation is 1. The lowest BCUT2D eigenvalue weighted by Crippen LogP contribution is -2.34. The van der Waals surface area contributed by atoms with Crippen LogP contribution in [0.5, 0.6) is 0 Å². The van der Waals surface area contributed by atoms with Gasteiger partial charge in [-0.25, -0.2) is 4.98 Å². The molecule has 0 bridgehead atoms. The van der Waals surface area contributed by atoms with Crippen molar-refractivity contribution >= 4 is 12.2 Å². The van der Waals surface area contributed by atoms with Gasteiger partial charge in [-0.05, 0) is 32.3 Å². The van der Waals surface area contributed by atoms with E-state index in [4.69, 9.17) is 17.0 Å². The van der Waals surface area contributed by atoms with Crippen LogP contribution in [0, 0.1) is 4.64 Å². The molecule has 0 aromatic carbocycles. The molecule has 0 spiro atoms. The van der Waals surface area contributed by atoms with Crippen LogP contribution in [0.1, 0.15) is 63.9 Å². The average Bonchev–Trinajstić information content (AvgIpc) is 2.40. The average molecular weight is 280 g/mol. The quantitative estimate of drug-likeness (QED) is 0.818. The SMILES string of the molecule is CCCc1cc(=S)nc(C2(OCC)CCCCC2)[nH]1. The van der Waals surface area contributed by atoms with E-state index >= 15 is 0 Å². The number of hydrogen-bond donors (Lipinski definition) is 1. The highest BCUT2D eigenvalue weighted by atomic mass is 32.1. The lowest BCUT2D eigenvalue weighted by Gasteiger charge is -2.36. The predicted octanol–water partition coefficient (Wildman–Crippen LogP) is 4.29. The van der Waals surface area contributed by atoms with Crippen LogP contribution in [0.25, 0.3) is 0 Å². The van der Waals surface area contributed by atoms with Gasteiger partial charge < -0.3 is 9.72 Å². The molecule has 2 rings (SSSR count). The van der Waals surface area contributed by atoms with Crippen molar-refractivity contribution in [1.29, 1.82) is 0 Å². The van der Waals surface area contributed by atoms with Gasteiger partial charge in [0.05, 0.1) is 0 Å². The molecule has 1 heterocycles. The molecule has 4 heteroatoms. The van der Waals surface area contributed by atoms with Crippen LogP contribution in [0.2, 0.25) is 0 Å². The molecule has 106 valence electrons. The molecule has 0 unspecified atom stereocenters. The summed E-state index contributed by atoms with van der Waals surface area (Å²) in [6, 6.07) is 1.98. The smallest absolute Gasteiger partial charge is 0.140 e. The summed E-state index contributed by atoms with van der Waals surface area (Å²) in [7, 11) is 0. The van der Waals surface area contributed by atoms with E-state index in [9.17, 15) is 0 Å². The van der Waals surface area contributed by atoms with Crippen molar-refractivity contribution in [1.82, 2.24) is 9.97 Å². The van der Waals surface area contributed by atoms with E-state index in [1.807, 2.05) is 6.07 Å². The molecule has 0 radical (unpaired) electrons. The monoisotopic (exact) mass is 280 g/mol. The van der Waals surface area contributed by atoms with E-state index in [1.165, 1.54) is 25.0 Å². The molecular formula is C15H24N2OS. The fourth-order valence-corrected chi connectivity index (χ4v) is 3.21. The highest BCUT2D eigenvalue weighted by Crippen LogP contribution is 2.38. The van der Waals surface area contributed by atoms with Crippen molar-refractivity contribution in [3.8, 4) is 0 Å². The molecule has 1 saturated carbocycles. The lowest BCUT2D eigenvalue weighted by atomic mass is 9.83. The van der Waals surface area contributed by atoms with Gasteiger partial charge in [-0.3, -0.25) is 0 Å². The normalized spacial score (nSPS) is 18.4. The maximum Gasteiger partial charge on any atom is 0.140 e. The molecule has 0 amide bonds. The Balaban J connectivity index is 2.37. The van der Waals surface area contributed by atoms with E-state index in [0.717, 1.165) is 38.1 Å². The zero-order chi connectivity index (χ0) is 13.7. The fourth-order valence-electron chi connectivity index (χ4n) is 2.98. The Hall–Kier alpha value is -0.740. The fraction of sp³-hybridized carbons (Fsp3) is 0.733. The van der Waals surface area contributed by atoms with Gasteiger partial charge in [0.15, 0.2) is 0 Å². The number of nitrogens with zero attached hydrogens (tertiary/aromatic N) is 1. The number of nitrogens with one attached hydrogen (secondary N) is 1. The van der Waals surface area contributed by atoms with Crippen LogP contribution in [0.3, 0.4) is 0 Å². The second-order valence-corrected chi connectivity index (χ2v) is 5.75. The van der Waals surface area contributed by atoms with Crippen molar-refractivity contribution < 1.29 is 4.74 Å². The van der Waals surface area contributed by atoms with E-state index in [1.54, 1.807) is 0 Å². The third-order valence-electron chi connectivity index (χ3n) is 3.83. The number of aromatic amines is 1. The summed E-state index contributed by atoms with van der Waals surface area (Å²) in [4.78, 5) is 8.04. The Morgan fingerprint density at radius 2 is 2.05 bits per heavy atom. The van der Waals surface area contributed by atoms with E-state index in [-0.39, 0.29) is 5.60 Å². The third-order valence-corrected chi connectivity index (χ3v) is 4.04. The van der Waals surface area contributed by atoms with Crippen LogP contribution in [-0.2, 0) is 16.8 Å². The summed E-state index contributed by atoms with van der Waals surface area (Å²) >= 11 is 5.32. The minimum absolute atomic E-state index is 0.232. The van der Waals surface area contributed by atoms with Crippen molar-refractivity contribution in [2.75, 3.05) is 6.61 Å². The summed E-state index contributed by atoms with van der Waals surface area (Å²) in [6.45, 7) is 4.96. The minimum atomic E-state index is -0.232. The van der Waals surface area contributed by atoms with Gasteiger partial charge in [-0.1, -0.05) is 44.8 Å². The molecule has 1 aliphatic rings. The highest BCUT2D eigenvalue weighted by Gasteiger charge is 2.37. The number of ether oxygens (including phenoxy) is 1. The van der Waals surface area contributed by atoms with Crippen LogP contribution in [-0.4, -0.2) is 16.6 Å². The first-order valence-corrected chi connectivity index (χ1v) is 7.85. The van der Waals surface area contributed by atoms with Crippen molar-refractivity contribution in [3.05, 3.63) is 22.2 Å². The Labute approximate surface area is 120 Å². The molecule has 1 aromatic rings. The number of aromatic nitrogens is 2. The van der Waals surface area contributed by atoms with Crippen molar-refractivity contribution in [3.63, 3.8) is 0 Å². The van der Waals surface area contributed by atoms with Crippen molar-refractivity contribution in [2.24, 2.45) is 0 Å².